The zero-order valence-electron chi connectivity index (χ0n) is 10.1. The maximum atomic E-state index is 10.7. The van der Waals surface area contributed by atoms with Crippen LogP contribution in [-0.2, 0) is 7.05 Å². The molecule has 0 spiro atoms. The van der Waals surface area contributed by atoms with Crippen molar-refractivity contribution in [1.29, 1.82) is 5.41 Å². The van der Waals surface area contributed by atoms with Gasteiger partial charge in [-0.05, 0) is 24.3 Å². The van der Waals surface area contributed by atoms with E-state index in [9.17, 15) is 4.79 Å². The van der Waals surface area contributed by atoms with Crippen LogP contribution in [0, 0.1) is 5.41 Å². The molecule has 0 fully saturated rings. The molecule has 1 aromatic heterocycles. The highest BCUT2D eigenvalue weighted by atomic mass is 16.4. The maximum Gasteiger partial charge on any atom is 0.335 e. The highest BCUT2D eigenvalue weighted by Crippen LogP contribution is 2.13. The van der Waals surface area contributed by atoms with Crippen molar-refractivity contribution < 1.29 is 9.90 Å². The average molecular weight is 260 g/mol. The molecule has 0 aliphatic rings. The van der Waals surface area contributed by atoms with Crippen molar-refractivity contribution >= 4 is 23.4 Å². The molecule has 0 saturated heterocycles. The largest absolute Gasteiger partial charge is 0.478 e. The summed E-state index contributed by atoms with van der Waals surface area (Å²) in [5.74, 6) is -0.696. The molecule has 0 atom stereocenters. The van der Waals surface area contributed by atoms with Crippen molar-refractivity contribution in [1.82, 2.24) is 14.8 Å². The quantitative estimate of drug-likeness (QED) is 0.628. The lowest BCUT2D eigenvalue weighted by atomic mass is 10.2. The standard InChI is InChI=1S/C11H12N6O2/c1-17-9(13)8(12)15-11(16-17)14-7-4-2-6(3-5-7)10(18)19/h2-5,13H,1H3,(H,18,19)(H3,12,14,15,16). The molecular weight excluding hydrogens is 248 g/mol. The van der Waals surface area contributed by atoms with Gasteiger partial charge >= 0.3 is 5.97 Å². The number of hydrogen-bond acceptors (Lipinski definition) is 6. The molecule has 0 bridgehead atoms. The van der Waals surface area contributed by atoms with Crippen molar-refractivity contribution in [3.8, 4) is 0 Å². The monoisotopic (exact) mass is 260 g/mol. The number of carboxylic acid groups (broad SMARTS) is 1. The fraction of sp³-hybridized carbons (Fsp3) is 0.0909. The van der Waals surface area contributed by atoms with Crippen LogP contribution in [0.25, 0.3) is 0 Å². The summed E-state index contributed by atoms with van der Waals surface area (Å²) in [6.45, 7) is 0. The van der Waals surface area contributed by atoms with Crippen LogP contribution >= 0.6 is 0 Å². The van der Waals surface area contributed by atoms with Crippen molar-refractivity contribution in [2.75, 3.05) is 11.1 Å². The van der Waals surface area contributed by atoms with Crippen LogP contribution < -0.4 is 16.5 Å². The molecule has 8 nitrogen and oxygen atoms in total. The van der Waals surface area contributed by atoms with Gasteiger partial charge in [0.15, 0.2) is 11.3 Å². The van der Waals surface area contributed by atoms with Crippen LogP contribution in [0.3, 0.4) is 0 Å². The molecular formula is C11H12N6O2. The number of anilines is 3. The lowest BCUT2D eigenvalue weighted by Gasteiger charge is -2.07. The number of carbonyl (C=O) groups is 1. The summed E-state index contributed by atoms with van der Waals surface area (Å²) >= 11 is 0. The lowest BCUT2D eigenvalue weighted by molar-refractivity contribution is 0.0697. The Morgan fingerprint density at radius 2 is 2.05 bits per heavy atom. The van der Waals surface area contributed by atoms with Gasteiger partial charge in [-0.1, -0.05) is 0 Å². The van der Waals surface area contributed by atoms with Crippen LogP contribution in [-0.4, -0.2) is 25.8 Å². The first kappa shape index (κ1) is 12.6. The van der Waals surface area contributed by atoms with E-state index < -0.39 is 5.97 Å². The summed E-state index contributed by atoms with van der Waals surface area (Å²) in [7, 11) is 1.58. The van der Waals surface area contributed by atoms with Gasteiger partial charge < -0.3 is 16.2 Å². The normalized spacial score (nSPS) is 10.2. The number of nitrogens with one attached hydrogen (secondary N) is 2. The van der Waals surface area contributed by atoms with E-state index in [1.54, 1.807) is 19.2 Å². The number of aromatic carboxylic acids is 1. The molecule has 0 saturated carbocycles. The van der Waals surface area contributed by atoms with Gasteiger partial charge in [0.05, 0.1) is 5.56 Å². The molecule has 1 heterocycles. The number of nitrogen functional groups attached to an aromatic ring is 1. The second-order valence-corrected chi connectivity index (χ2v) is 3.80. The Hall–Kier alpha value is -2.90. The predicted octanol–water partition coefficient (Wildman–Crippen LogP) is 0.319. The first-order valence-corrected chi connectivity index (χ1v) is 5.33. The first-order chi connectivity index (χ1) is 8.97. The van der Waals surface area contributed by atoms with Gasteiger partial charge in [-0.2, -0.15) is 4.98 Å². The van der Waals surface area contributed by atoms with Crippen molar-refractivity contribution in [2.45, 2.75) is 0 Å². The van der Waals surface area contributed by atoms with E-state index >= 15 is 0 Å². The zero-order chi connectivity index (χ0) is 14.0. The summed E-state index contributed by atoms with van der Waals surface area (Å²) in [4.78, 5) is 14.6. The predicted molar refractivity (Wildman–Crippen MR) is 68.0 cm³/mol. The number of rotatable bonds is 3. The summed E-state index contributed by atoms with van der Waals surface area (Å²) in [5.41, 5.74) is 6.40. The van der Waals surface area contributed by atoms with Crippen molar-refractivity contribution in [2.24, 2.45) is 7.05 Å². The van der Waals surface area contributed by atoms with Crippen molar-refractivity contribution in [3.63, 3.8) is 0 Å². The van der Waals surface area contributed by atoms with Crippen LogP contribution in [0.15, 0.2) is 24.3 Å². The third kappa shape index (κ3) is 2.68. The third-order valence-corrected chi connectivity index (χ3v) is 2.43. The Morgan fingerprint density at radius 3 is 2.58 bits per heavy atom. The molecule has 2 rings (SSSR count). The van der Waals surface area contributed by atoms with Gasteiger partial charge in [0.25, 0.3) is 0 Å². The lowest BCUT2D eigenvalue weighted by Crippen LogP contribution is -2.25. The third-order valence-electron chi connectivity index (χ3n) is 2.43. The number of nitrogens with zero attached hydrogens (tertiary/aromatic N) is 3. The van der Waals surface area contributed by atoms with Crippen LogP contribution in [0.1, 0.15) is 10.4 Å². The number of benzene rings is 1. The molecule has 5 N–H and O–H groups in total. The summed E-state index contributed by atoms with van der Waals surface area (Å²) in [6.07, 6.45) is 0. The summed E-state index contributed by atoms with van der Waals surface area (Å²) < 4.78 is 1.29. The highest BCUT2D eigenvalue weighted by molar-refractivity contribution is 5.88. The van der Waals surface area contributed by atoms with E-state index in [1.165, 1.54) is 16.8 Å². The number of hydrogen-bond donors (Lipinski definition) is 4. The van der Waals surface area contributed by atoms with E-state index in [1.807, 2.05) is 0 Å². The van der Waals surface area contributed by atoms with Gasteiger partial charge in [0, 0.05) is 12.7 Å². The van der Waals surface area contributed by atoms with E-state index in [0.717, 1.165) is 0 Å². The molecule has 0 radical (unpaired) electrons. The van der Waals surface area contributed by atoms with Gasteiger partial charge in [0.2, 0.25) is 5.95 Å². The molecule has 19 heavy (non-hydrogen) atoms. The van der Waals surface area contributed by atoms with E-state index in [0.29, 0.717) is 5.69 Å². The Labute approximate surface area is 108 Å². The SMILES string of the molecule is Cn1nc(Nc2ccc(C(=O)O)cc2)nc(N)c1=N. The summed E-state index contributed by atoms with van der Waals surface area (Å²) in [5, 5.41) is 23.2. The smallest absolute Gasteiger partial charge is 0.335 e. The minimum absolute atomic E-state index is 0.0202. The second kappa shape index (κ2) is 4.77. The molecule has 0 unspecified atom stereocenters. The molecule has 8 heteroatoms. The van der Waals surface area contributed by atoms with E-state index in [4.69, 9.17) is 16.2 Å². The number of aryl methyl sites for hydroxylation is 1. The molecule has 0 amide bonds. The molecule has 98 valence electrons. The zero-order valence-corrected chi connectivity index (χ0v) is 10.1. The summed E-state index contributed by atoms with van der Waals surface area (Å²) in [6, 6.07) is 6.12. The average Bonchev–Trinajstić information content (AvgIpc) is 2.36. The molecule has 0 aliphatic heterocycles. The number of aromatic nitrogens is 3. The Balaban J connectivity index is 2.26. The Bertz CT molecular complexity index is 650. The topological polar surface area (TPSA) is 130 Å². The molecule has 2 aromatic rings. The number of nitrogens with two attached hydrogens (primary N) is 1. The number of carboxylic acids is 1. The minimum Gasteiger partial charge on any atom is -0.478 e. The van der Waals surface area contributed by atoms with Crippen LogP contribution in [0.5, 0.6) is 0 Å². The van der Waals surface area contributed by atoms with Crippen LogP contribution in [0.4, 0.5) is 17.5 Å². The minimum atomic E-state index is -0.989. The molecule has 0 aliphatic carbocycles. The maximum absolute atomic E-state index is 10.7. The van der Waals surface area contributed by atoms with Gasteiger partial charge in [-0.15, -0.1) is 5.10 Å². The Kier molecular flexibility index (Phi) is 3.15. The Morgan fingerprint density at radius 1 is 1.42 bits per heavy atom. The first-order valence-electron chi connectivity index (χ1n) is 5.33. The van der Waals surface area contributed by atoms with Gasteiger partial charge in [-0.25, -0.2) is 9.48 Å². The fourth-order valence-electron chi connectivity index (χ4n) is 1.43. The van der Waals surface area contributed by atoms with Crippen molar-refractivity contribution in [3.05, 3.63) is 35.3 Å². The second-order valence-electron chi connectivity index (χ2n) is 3.80. The highest BCUT2D eigenvalue weighted by Gasteiger charge is 2.05. The fourth-order valence-corrected chi connectivity index (χ4v) is 1.43. The van der Waals surface area contributed by atoms with Gasteiger partial charge in [0.1, 0.15) is 0 Å². The van der Waals surface area contributed by atoms with E-state index in [-0.39, 0.29) is 22.8 Å². The van der Waals surface area contributed by atoms with Crippen LogP contribution in [0.2, 0.25) is 0 Å². The van der Waals surface area contributed by atoms with Gasteiger partial charge in [-0.3, -0.25) is 5.41 Å². The van der Waals surface area contributed by atoms with E-state index in [2.05, 4.69) is 15.4 Å². The molecule has 1 aromatic carbocycles.